The molecular weight excluding hydrogens is 713 g/mol. The lowest BCUT2D eigenvalue weighted by Crippen LogP contribution is -2.37. The van der Waals surface area contributed by atoms with Crippen LogP contribution in [-0.2, 0) is 32.7 Å². The minimum atomic E-state index is -4.63. The van der Waals surface area contributed by atoms with Gasteiger partial charge in [-0.2, -0.15) is 0 Å². The molecule has 0 spiro atoms. The van der Waals surface area contributed by atoms with Crippen LogP contribution < -0.4 is 4.89 Å². The van der Waals surface area contributed by atoms with Crippen LogP contribution in [0.15, 0.2) is 48.6 Å². The second kappa shape index (κ2) is 37.5. The zero-order chi connectivity index (χ0) is 40.7. The molecule has 0 saturated heterocycles. The van der Waals surface area contributed by atoms with E-state index >= 15 is 0 Å². The SMILES string of the molecule is CCC/C=C\C/C=C\CCCCCCCC(=O)OCC(COP(=O)([O-])OCC[N+](C)(C)C)OC(=O)CCCCCCCCC/C=C\C/C=C\CCCCCC. The molecule has 0 aromatic rings. The van der Waals surface area contributed by atoms with E-state index in [2.05, 4.69) is 62.5 Å². The van der Waals surface area contributed by atoms with Crippen molar-refractivity contribution < 1.29 is 42.1 Å². The summed E-state index contributed by atoms with van der Waals surface area (Å²) in [6.07, 6.45) is 42.7. The number of likely N-dealkylation sites (N-methyl/N-ethyl adjacent to an activating group) is 1. The molecule has 0 radical (unpaired) electrons. The van der Waals surface area contributed by atoms with E-state index in [-0.39, 0.29) is 26.1 Å². The van der Waals surface area contributed by atoms with Crippen LogP contribution in [0.1, 0.15) is 174 Å². The average Bonchev–Trinajstić information content (AvgIpc) is 3.13. The molecule has 55 heavy (non-hydrogen) atoms. The number of quaternary nitrogens is 1. The molecule has 9 nitrogen and oxygen atoms in total. The molecule has 2 unspecified atom stereocenters. The first-order valence-electron chi connectivity index (χ1n) is 21.8. The van der Waals surface area contributed by atoms with Gasteiger partial charge in [0.25, 0.3) is 7.82 Å². The molecule has 0 aliphatic carbocycles. The van der Waals surface area contributed by atoms with Crippen LogP contribution >= 0.6 is 7.82 Å². The Balaban J connectivity index is 4.39. The van der Waals surface area contributed by atoms with Crippen molar-refractivity contribution in [1.29, 1.82) is 0 Å². The van der Waals surface area contributed by atoms with Crippen LogP contribution in [0.4, 0.5) is 0 Å². The zero-order valence-corrected chi connectivity index (χ0v) is 36.8. The van der Waals surface area contributed by atoms with Crippen LogP contribution in [0.2, 0.25) is 0 Å². The summed E-state index contributed by atoms with van der Waals surface area (Å²) >= 11 is 0. The summed E-state index contributed by atoms with van der Waals surface area (Å²) in [6.45, 7) is 4.11. The maximum atomic E-state index is 12.7. The Hall–Kier alpha value is -2.03. The topological polar surface area (TPSA) is 111 Å². The van der Waals surface area contributed by atoms with Crippen LogP contribution in [-0.4, -0.2) is 70.0 Å². The third kappa shape index (κ3) is 41.4. The minimum absolute atomic E-state index is 0.0363. The Morgan fingerprint density at radius 2 is 1.02 bits per heavy atom. The van der Waals surface area contributed by atoms with E-state index < -0.39 is 32.5 Å². The number of phosphoric acid groups is 1. The first-order chi connectivity index (χ1) is 26.5. The van der Waals surface area contributed by atoms with Gasteiger partial charge in [-0.3, -0.25) is 14.2 Å². The Labute approximate surface area is 337 Å². The fourth-order valence-electron chi connectivity index (χ4n) is 5.60. The molecular formula is C45H82NO8P. The predicted molar refractivity (Wildman–Crippen MR) is 227 cm³/mol. The van der Waals surface area contributed by atoms with Crippen LogP contribution in [0.25, 0.3) is 0 Å². The van der Waals surface area contributed by atoms with Crippen molar-refractivity contribution in [2.24, 2.45) is 0 Å². The van der Waals surface area contributed by atoms with E-state index in [1.54, 1.807) is 0 Å². The summed E-state index contributed by atoms with van der Waals surface area (Å²) in [5.74, 6) is -0.862. The molecule has 0 fully saturated rings. The predicted octanol–water partition coefficient (Wildman–Crippen LogP) is 11.7. The van der Waals surface area contributed by atoms with Gasteiger partial charge in [0.05, 0.1) is 27.7 Å². The molecule has 0 saturated carbocycles. The lowest BCUT2D eigenvalue weighted by molar-refractivity contribution is -0.870. The number of hydrogen-bond donors (Lipinski definition) is 0. The standard InChI is InChI=1S/C45H82NO8P/c1-6-8-10-12-14-16-18-20-21-22-23-24-26-28-30-32-34-36-38-45(48)54-43(42-53-55(49,50)52-40-39-46(3,4)5)41-51-44(47)37-35-33-31-29-27-25-19-17-15-13-11-9-7-2/h11,13,16-19,21-22,43H,6-10,12,14-15,20,23-42H2,1-5H3/b13-11-,18-16-,19-17-,22-21-. The number of carbonyl (C=O) groups is 2. The van der Waals surface area contributed by atoms with E-state index in [1.807, 2.05) is 21.1 Å². The van der Waals surface area contributed by atoms with Crippen LogP contribution in [0.3, 0.4) is 0 Å². The Bertz CT molecular complexity index is 1080. The maximum absolute atomic E-state index is 12.7. The third-order valence-electron chi connectivity index (χ3n) is 9.05. The monoisotopic (exact) mass is 796 g/mol. The number of ether oxygens (including phenoxy) is 2. The molecule has 10 heteroatoms. The van der Waals surface area contributed by atoms with E-state index in [0.29, 0.717) is 23.9 Å². The molecule has 0 aliphatic heterocycles. The summed E-state index contributed by atoms with van der Waals surface area (Å²) < 4.78 is 33.9. The van der Waals surface area contributed by atoms with Gasteiger partial charge in [0.1, 0.15) is 19.8 Å². The van der Waals surface area contributed by atoms with Crippen molar-refractivity contribution in [3.8, 4) is 0 Å². The molecule has 0 aromatic carbocycles. The van der Waals surface area contributed by atoms with Gasteiger partial charge >= 0.3 is 11.9 Å². The van der Waals surface area contributed by atoms with Gasteiger partial charge in [-0.15, -0.1) is 0 Å². The zero-order valence-electron chi connectivity index (χ0n) is 35.9. The lowest BCUT2D eigenvalue weighted by atomic mass is 10.1. The molecule has 0 heterocycles. The maximum Gasteiger partial charge on any atom is 0.306 e. The summed E-state index contributed by atoms with van der Waals surface area (Å²) in [7, 11) is 1.15. The molecule has 0 N–H and O–H groups in total. The molecule has 0 aliphatic rings. The number of carbonyl (C=O) groups excluding carboxylic acids is 2. The minimum Gasteiger partial charge on any atom is -0.756 e. The largest absolute Gasteiger partial charge is 0.756 e. The molecule has 0 rings (SSSR count). The third-order valence-corrected chi connectivity index (χ3v) is 10.0. The van der Waals surface area contributed by atoms with E-state index in [4.69, 9.17) is 18.5 Å². The van der Waals surface area contributed by atoms with Gasteiger partial charge in [-0.05, 0) is 70.6 Å². The number of rotatable bonds is 39. The molecule has 0 bridgehead atoms. The second-order valence-electron chi connectivity index (χ2n) is 15.7. The normalized spacial score (nSPS) is 14.1. The van der Waals surface area contributed by atoms with E-state index in [9.17, 15) is 19.0 Å². The van der Waals surface area contributed by atoms with Crippen molar-refractivity contribution in [3.05, 3.63) is 48.6 Å². The number of allylic oxidation sites excluding steroid dienone is 8. The fourth-order valence-corrected chi connectivity index (χ4v) is 6.33. The van der Waals surface area contributed by atoms with Crippen molar-refractivity contribution in [1.82, 2.24) is 0 Å². The quantitative estimate of drug-likeness (QED) is 0.0199. The number of esters is 2. The van der Waals surface area contributed by atoms with E-state index in [0.717, 1.165) is 77.0 Å². The number of phosphoric ester groups is 1. The van der Waals surface area contributed by atoms with Crippen LogP contribution in [0.5, 0.6) is 0 Å². The first-order valence-corrected chi connectivity index (χ1v) is 23.3. The lowest BCUT2D eigenvalue weighted by Gasteiger charge is -2.28. The van der Waals surface area contributed by atoms with Crippen molar-refractivity contribution in [3.63, 3.8) is 0 Å². The Kier molecular flexibility index (Phi) is 36.2. The van der Waals surface area contributed by atoms with Gasteiger partial charge < -0.3 is 27.9 Å². The summed E-state index contributed by atoms with van der Waals surface area (Å²) in [4.78, 5) is 37.5. The highest BCUT2D eigenvalue weighted by Crippen LogP contribution is 2.38. The number of unbranched alkanes of at least 4 members (excludes halogenated alkanes) is 17. The van der Waals surface area contributed by atoms with Gasteiger partial charge in [0, 0.05) is 12.8 Å². The molecule has 0 aromatic heterocycles. The van der Waals surface area contributed by atoms with Gasteiger partial charge in [-0.25, -0.2) is 0 Å². The van der Waals surface area contributed by atoms with Gasteiger partial charge in [-0.1, -0.05) is 140 Å². The highest BCUT2D eigenvalue weighted by atomic mass is 31.2. The second-order valence-corrected chi connectivity index (χ2v) is 17.1. The highest BCUT2D eigenvalue weighted by Gasteiger charge is 2.21. The highest BCUT2D eigenvalue weighted by molar-refractivity contribution is 7.45. The van der Waals surface area contributed by atoms with E-state index in [1.165, 1.54) is 57.8 Å². The molecule has 2 atom stereocenters. The van der Waals surface area contributed by atoms with Gasteiger partial charge in [0.15, 0.2) is 6.10 Å². The van der Waals surface area contributed by atoms with Crippen LogP contribution in [0, 0.1) is 0 Å². The van der Waals surface area contributed by atoms with Crippen molar-refractivity contribution in [2.75, 3.05) is 47.5 Å². The van der Waals surface area contributed by atoms with Gasteiger partial charge in [0.2, 0.25) is 0 Å². The molecule has 0 amide bonds. The smallest absolute Gasteiger partial charge is 0.306 e. The summed E-state index contributed by atoms with van der Waals surface area (Å²) in [5.41, 5.74) is 0. The summed E-state index contributed by atoms with van der Waals surface area (Å²) in [6, 6.07) is 0. The van der Waals surface area contributed by atoms with Crippen molar-refractivity contribution >= 4 is 19.8 Å². The Morgan fingerprint density at radius 3 is 1.51 bits per heavy atom. The van der Waals surface area contributed by atoms with Crippen molar-refractivity contribution in [2.45, 2.75) is 180 Å². The average molecular weight is 796 g/mol. The first kappa shape index (κ1) is 53.0. The molecule has 320 valence electrons. The number of hydrogen-bond acceptors (Lipinski definition) is 8. The summed E-state index contributed by atoms with van der Waals surface area (Å²) in [5, 5.41) is 0. The fraction of sp³-hybridized carbons (Fsp3) is 0.778. The Morgan fingerprint density at radius 1 is 0.564 bits per heavy atom. The number of nitrogens with zero attached hydrogens (tertiary/aromatic N) is 1.